The summed E-state index contributed by atoms with van der Waals surface area (Å²) in [6.45, 7) is 4.93. The average molecular weight is 207 g/mol. The Bertz CT molecular complexity index is 325. The quantitative estimate of drug-likeness (QED) is 0.710. The number of nitrogens with zero attached hydrogens (tertiary/aromatic N) is 1. The van der Waals surface area contributed by atoms with Crippen LogP contribution in [-0.2, 0) is 4.79 Å². The zero-order chi connectivity index (χ0) is 11.3. The van der Waals surface area contributed by atoms with Crippen LogP contribution in [0.2, 0.25) is 0 Å². The van der Waals surface area contributed by atoms with Gasteiger partial charge in [0.15, 0.2) is 0 Å². The summed E-state index contributed by atoms with van der Waals surface area (Å²) in [4.78, 5) is 13.3. The minimum atomic E-state index is 0.0000926. The predicted octanol–water partition coefficient (Wildman–Crippen LogP) is 2.41. The minimum absolute atomic E-state index is 0.0000926. The summed E-state index contributed by atoms with van der Waals surface area (Å²) < 4.78 is 5.09. The van der Waals surface area contributed by atoms with Crippen LogP contribution >= 0.6 is 0 Å². The zero-order valence-corrected chi connectivity index (χ0v) is 9.43. The second-order valence-electron chi connectivity index (χ2n) is 3.96. The van der Waals surface area contributed by atoms with Crippen LogP contribution in [-0.4, -0.2) is 24.4 Å². The van der Waals surface area contributed by atoms with Crippen molar-refractivity contribution in [2.75, 3.05) is 13.6 Å². The molecule has 0 bridgehead atoms. The van der Waals surface area contributed by atoms with Crippen LogP contribution in [0.4, 0.5) is 0 Å². The lowest BCUT2D eigenvalue weighted by Crippen LogP contribution is -2.28. The molecule has 3 heteroatoms. The number of amides is 1. The Kier molecular flexibility index (Phi) is 4.16. The largest absolute Gasteiger partial charge is 0.465 e. The van der Waals surface area contributed by atoms with Crippen LogP contribution in [0, 0.1) is 5.92 Å². The first-order valence-electron chi connectivity index (χ1n) is 5.06. The smallest absolute Gasteiger partial charge is 0.246 e. The lowest BCUT2D eigenvalue weighted by molar-refractivity contribution is -0.125. The van der Waals surface area contributed by atoms with Crippen LogP contribution in [0.15, 0.2) is 28.9 Å². The van der Waals surface area contributed by atoms with Gasteiger partial charge in [-0.05, 0) is 24.1 Å². The van der Waals surface area contributed by atoms with Gasteiger partial charge in [0.05, 0.1) is 6.26 Å². The molecule has 1 heterocycles. The van der Waals surface area contributed by atoms with Gasteiger partial charge in [-0.2, -0.15) is 0 Å². The maximum Gasteiger partial charge on any atom is 0.246 e. The fourth-order valence-electron chi connectivity index (χ4n) is 1.30. The van der Waals surface area contributed by atoms with E-state index in [1.165, 1.54) is 6.08 Å². The third-order valence-corrected chi connectivity index (χ3v) is 1.95. The Morgan fingerprint density at radius 1 is 1.60 bits per heavy atom. The Morgan fingerprint density at radius 3 is 2.87 bits per heavy atom. The van der Waals surface area contributed by atoms with Crippen molar-refractivity contribution in [1.29, 1.82) is 0 Å². The van der Waals surface area contributed by atoms with Crippen molar-refractivity contribution >= 4 is 12.0 Å². The Morgan fingerprint density at radius 2 is 2.33 bits per heavy atom. The zero-order valence-electron chi connectivity index (χ0n) is 9.43. The molecule has 1 amide bonds. The number of hydrogen-bond donors (Lipinski definition) is 0. The predicted molar refractivity (Wildman–Crippen MR) is 60.2 cm³/mol. The Balaban J connectivity index is 2.48. The van der Waals surface area contributed by atoms with Crippen LogP contribution in [0.3, 0.4) is 0 Å². The number of furan rings is 1. The van der Waals surface area contributed by atoms with Crippen LogP contribution < -0.4 is 0 Å². The summed E-state index contributed by atoms with van der Waals surface area (Å²) in [5.41, 5.74) is 0. The van der Waals surface area contributed by atoms with Gasteiger partial charge in [-0.3, -0.25) is 4.79 Å². The van der Waals surface area contributed by atoms with E-state index >= 15 is 0 Å². The van der Waals surface area contributed by atoms with Gasteiger partial charge in [0, 0.05) is 19.7 Å². The molecule has 1 rings (SSSR count). The summed E-state index contributed by atoms with van der Waals surface area (Å²) >= 11 is 0. The van der Waals surface area contributed by atoms with Crippen LogP contribution in [0.25, 0.3) is 6.08 Å². The van der Waals surface area contributed by atoms with E-state index in [9.17, 15) is 4.79 Å². The number of carbonyl (C=O) groups excluding carboxylic acids is 1. The number of carbonyl (C=O) groups is 1. The molecular weight excluding hydrogens is 190 g/mol. The van der Waals surface area contributed by atoms with E-state index in [-0.39, 0.29) is 5.91 Å². The SMILES string of the molecule is CC(C)CN(C)C(=O)/C=C/c1ccco1. The van der Waals surface area contributed by atoms with Crippen LogP contribution in [0.1, 0.15) is 19.6 Å². The molecule has 0 aliphatic carbocycles. The van der Waals surface area contributed by atoms with Crippen LogP contribution in [0.5, 0.6) is 0 Å². The summed E-state index contributed by atoms with van der Waals surface area (Å²) in [7, 11) is 1.80. The van der Waals surface area contributed by atoms with E-state index in [0.29, 0.717) is 11.7 Å². The summed E-state index contributed by atoms with van der Waals surface area (Å²) in [6, 6.07) is 3.61. The lowest BCUT2D eigenvalue weighted by atomic mass is 10.2. The molecular formula is C12H17NO2. The molecule has 15 heavy (non-hydrogen) atoms. The van der Waals surface area contributed by atoms with Crippen molar-refractivity contribution in [3.05, 3.63) is 30.2 Å². The van der Waals surface area contributed by atoms with Crippen molar-refractivity contribution in [3.8, 4) is 0 Å². The fraction of sp³-hybridized carbons (Fsp3) is 0.417. The fourth-order valence-corrected chi connectivity index (χ4v) is 1.30. The van der Waals surface area contributed by atoms with E-state index in [0.717, 1.165) is 6.54 Å². The third-order valence-electron chi connectivity index (χ3n) is 1.95. The number of hydrogen-bond acceptors (Lipinski definition) is 2. The molecule has 1 aromatic heterocycles. The summed E-state index contributed by atoms with van der Waals surface area (Å²) in [5.74, 6) is 1.18. The van der Waals surface area contributed by atoms with Gasteiger partial charge in [-0.15, -0.1) is 0 Å². The van der Waals surface area contributed by atoms with Gasteiger partial charge < -0.3 is 9.32 Å². The standard InChI is InChI=1S/C12H17NO2/c1-10(2)9-13(3)12(14)7-6-11-5-4-8-15-11/h4-8,10H,9H2,1-3H3/b7-6+. The maximum absolute atomic E-state index is 11.6. The third kappa shape index (κ3) is 4.02. The van der Waals surface area contributed by atoms with Crippen molar-refractivity contribution in [2.45, 2.75) is 13.8 Å². The topological polar surface area (TPSA) is 33.5 Å². The monoisotopic (exact) mass is 207 g/mol. The highest BCUT2D eigenvalue weighted by atomic mass is 16.3. The molecule has 0 aromatic carbocycles. The highest BCUT2D eigenvalue weighted by Gasteiger charge is 2.06. The molecule has 0 saturated carbocycles. The highest BCUT2D eigenvalue weighted by molar-refractivity contribution is 5.91. The van der Waals surface area contributed by atoms with Gasteiger partial charge in [0.1, 0.15) is 5.76 Å². The summed E-state index contributed by atoms with van der Waals surface area (Å²) in [6.07, 6.45) is 4.79. The molecule has 1 aromatic rings. The molecule has 0 spiro atoms. The van der Waals surface area contributed by atoms with Gasteiger partial charge >= 0.3 is 0 Å². The molecule has 0 N–H and O–H groups in total. The Hall–Kier alpha value is -1.51. The summed E-state index contributed by atoms with van der Waals surface area (Å²) in [5, 5.41) is 0. The molecule has 82 valence electrons. The van der Waals surface area contributed by atoms with E-state index in [4.69, 9.17) is 4.42 Å². The lowest BCUT2D eigenvalue weighted by Gasteiger charge is -2.17. The number of likely N-dealkylation sites (N-methyl/N-ethyl adjacent to an activating group) is 1. The van der Waals surface area contributed by atoms with E-state index < -0.39 is 0 Å². The number of rotatable bonds is 4. The second kappa shape index (κ2) is 5.39. The van der Waals surface area contributed by atoms with Gasteiger partial charge in [0.2, 0.25) is 5.91 Å². The first-order chi connectivity index (χ1) is 7.09. The molecule has 0 aliphatic heterocycles. The van der Waals surface area contributed by atoms with Crippen molar-refractivity contribution < 1.29 is 9.21 Å². The van der Waals surface area contributed by atoms with E-state index in [2.05, 4.69) is 13.8 Å². The first-order valence-corrected chi connectivity index (χ1v) is 5.06. The van der Waals surface area contributed by atoms with Crippen molar-refractivity contribution in [2.24, 2.45) is 5.92 Å². The first kappa shape index (κ1) is 11.6. The van der Waals surface area contributed by atoms with Gasteiger partial charge in [-0.1, -0.05) is 13.8 Å². The molecule has 0 unspecified atom stereocenters. The second-order valence-corrected chi connectivity index (χ2v) is 3.96. The van der Waals surface area contributed by atoms with Gasteiger partial charge in [-0.25, -0.2) is 0 Å². The molecule has 3 nitrogen and oxygen atoms in total. The van der Waals surface area contributed by atoms with Gasteiger partial charge in [0.25, 0.3) is 0 Å². The minimum Gasteiger partial charge on any atom is -0.465 e. The highest BCUT2D eigenvalue weighted by Crippen LogP contribution is 2.03. The average Bonchev–Trinajstić information content (AvgIpc) is 2.65. The molecule has 0 fully saturated rings. The Labute approximate surface area is 90.4 Å². The molecule has 0 saturated heterocycles. The normalized spacial score (nSPS) is 11.2. The molecule has 0 radical (unpaired) electrons. The van der Waals surface area contributed by atoms with E-state index in [1.54, 1.807) is 30.4 Å². The molecule has 0 atom stereocenters. The maximum atomic E-state index is 11.6. The molecule has 0 aliphatic rings. The van der Waals surface area contributed by atoms with Crippen molar-refractivity contribution in [3.63, 3.8) is 0 Å². The van der Waals surface area contributed by atoms with E-state index in [1.807, 2.05) is 6.07 Å². The van der Waals surface area contributed by atoms with Crippen molar-refractivity contribution in [1.82, 2.24) is 4.90 Å².